The summed E-state index contributed by atoms with van der Waals surface area (Å²) in [6.45, 7) is 0. The van der Waals surface area contributed by atoms with Crippen molar-refractivity contribution in [2.24, 2.45) is 5.73 Å². The molecular formula is C37H29ClN4O4S. The number of carbonyl (C=O) groups is 4. The first-order chi connectivity index (χ1) is 22.8. The van der Waals surface area contributed by atoms with E-state index >= 15 is 0 Å². The minimum absolute atomic E-state index is 0.0142. The lowest BCUT2D eigenvalue weighted by atomic mass is 10.1. The van der Waals surface area contributed by atoms with Crippen LogP contribution in [0.15, 0.2) is 144 Å². The fraction of sp³-hybridized carbons (Fsp3) is 0.0270. The monoisotopic (exact) mass is 660 g/mol. The van der Waals surface area contributed by atoms with Gasteiger partial charge >= 0.3 is 0 Å². The Labute approximate surface area is 281 Å². The van der Waals surface area contributed by atoms with Crippen molar-refractivity contribution < 1.29 is 19.2 Å². The normalized spacial score (nSPS) is 11.6. The van der Waals surface area contributed by atoms with Crippen LogP contribution in [-0.4, -0.2) is 23.6 Å². The smallest absolute Gasteiger partial charge is 0.272 e. The molecule has 0 aliphatic carbocycles. The molecule has 1 unspecified atom stereocenters. The largest absolute Gasteiger partial charge is 0.366 e. The Hall–Kier alpha value is -5.64. The number of hydrogen-bond acceptors (Lipinski definition) is 5. The van der Waals surface area contributed by atoms with Gasteiger partial charge in [-0.2, -0.15) is 0 Å². The molecular weight excluding hydrogens is 632 g/mol. The van der Waals surface area contributed by atoms with E-state index in [1.54, 1.807) is 97.1 Å². The van der Waals surface area contributed by atoms with E-state index in [1.807, 2.05) is 36.4 Å². The molecule has 10 heteroatoms. The van der Waals surface area contributed by atoms with Crippen LogP contribution >= 0.6 is 23.4 Å². The summed E-state index contributed by atoms with van der Waals surface area (Å²) in [5.41, 5.74) is 8.11. The molecule has 234 valence electrons. The maximum atomic E-state index is 13.7. The molecule has 1 atom stereocenters. The fourth-order valence-electron chi connectivity index (χ4n) is 4.58. The van der Waals surface area contributed by atoms with Gasteiger partial charge in [-0.15, -0.1) is 11.8 Å². The van der Waals surface area contributed by atoms with Gasteiger partial charge in [0.15, 0.2) is 0 Å². The van der Waals surface area contributed by atoms with Crippen LogP contribution in [0.1, 0.15) is 37.1 Å². The van der Waals surface area contributed by atoms with E-state index < -0.39 is 23.0 Å². The van der Waals surface area contributed by atoms with Crippen molar-refractivity contribution in [1.29, 1.82) is 0 Å². The minimum atomic E-state index is -0.719. The highest BCUT2D eigenvalue weighted by atomic mass is 35.5. The number of thioether (sulfide) groups is 1. The molecule has 4 amide bonds. The third-order valence-corrected chi connectivity index (χ3v) is 8.46. The van der Waals surface area contributed by atoms with Gasteiger partial charge in [0.25, 0.3) is 17.7 Å². The number of rotatable bonds is 11. The summed E-state index contributed by atoms with van der Waals surface area (Å²) in [6.07, 6.45) is 1.51. The summed E-state index contributed by atoms with van der Waals surface area (Å²) >= 11 is 7.62. The number of carbonyl (C=O) groups excluding carboxylic acids is 4. The van der Waals surface area contributed by atoms with Gasteiger partial charge in [-0.05, 0) is 65.7 Å². The zero-order valence-electron chi connectivity index (χ0n) is 24.9. The maximum absolute atomic E-state index is 13.7. The number of para-hydroxylation sites is 1. The molecule has 0 bridgehead atoms. The predicted molar refractivity (Wildman–Crippen MR) is 187 cm³/mol. The van der Waals surface area contributed by atoms with Crippen molar-refractivity contribution in [2.45, 2.75) is 10.1 Å². The molecule has 0 aliphatic heterocycles. The van der Waals surface area contributed by atoms with E-state index in [9.17, 15) is 19.2 Å². The number of halogens is 1. The molecule has 0 saturated carbocycles. The molecule has 8 nitrogen and oxygen atoms in total. The first kappa shape index (κ1) is 32.7. The molecule has 0 heterocycles. The van der Waals surface area contributed by atoms with Crippen LogP contribution < -0.4 is 21.7 Å². The Kier molecular flexibility index (Phi) is 10.9. The van der Waals surface area contributed by atoms with Crippen molar-refractivity contribution in [3.8, 4) is 0 Å². The van der Waals surface area contributed by atoms with Gasteiger partial charge in [-0.25, -0.2) is 0 Å². The molecule has 0 aromatic heterocycles. The van der Waals surface area contributed by atoms with Crippen LogP contribution in [0, 0.1) is 0 Å². The van der Waals surface area contributed by atoms with E-state index in [0.717, 1.165) is 5.56 Å². The summed E-state index contributed by atoms with van der Waals surface area (Å²) < 4.78 is 0. The van der Waals surface area contributed by atoms with Crippen LogP contribution in [-0.2, 0) is 9.59 Å². The number of nitrogens with one attached hydrogen (secondary N) is 3. The second-order valence-electron chi connectivity index (χ2n) is 10.2. The summed E-state index contributed by atoms with van der Waals surface area (Å²) in [4.78, 5) is 52.9. The van der Waals surface area contributed by atoms with Gasteiger partial charge < -0.3 is 21.7 Å². The Bertz CT molecular complexity index is 1950. The van der Waals surface area contributed by atoms with Crippen LogP contribution in [0.25, 0.3) is 6.08 Å². The van der Waals surface area contributed by atoms with Crippen molar-refractivity contribution in [2.75, 3.05) is 10.6 Å². The number of hydrogen-bond donors (Lipinski definition) is 4. The molecule has 0 radical (unpaired) electrons. The molecule has 5 rings (SSSR count). The van der Waals surface area contributed by atoms with Crippen LogP contribution in [0.3, 0.4) is 0 Å². The van der Waals surface area contributed by atoms with E-state index in [-0.39, 0.29) is 17.2 Å². The summed E-state index contributed by atoms with van der Waals surface area (Å²) in [5, 5.41) is 8.09. The zero-order valence-corrected chi connectivity index (χ0v) is 26.4. The molecule has 5 aromatic carbocycles. The molecule has 0 spiro atoms. The standard InChI is InChI=1S/C37H29ClN4O4S/c38-30-20-9-7-16-26(30)22-32(42-35(44)25-14-5-2-6-15-25)36(45)40-27-17-11-18-28(23-27)47-33(24-12-3-1-4-13-24)37(46)41-31-21-10-8-19-29(31)34(39)43/h1-23,33H,(H2,39,43)(H,40,45)(H,41,46)(H,42,44)/b32-22+. The van der Waals surface area contributed by atoms with Crippen molar-refractivity contribution in [1.82, 2.24) is 5.32 Å². The zero-order chi connectivity index (χ0) is 33.2. The van der Waals surface area contributed by atoms with Gasteiger partial charge in [0, 0.05) is 21.2 Å². The van der Waals surface area contributed by atoms with Crippen molar-refractivity contribution >= 4 is 64.4 Å². The molecule has 5 aromatic rings. The Morgan fingerprint density at radius 2 is 1.38 bits per heavy atom. The van der Waals surface area contributed by atoms with Crippen molar-refractivity contribution in [3.63, 3.8) is 0 Å². The highest BCUT2D eigenvalue weighted by molar-refractivity contribution is 8.00. The second kappa shape index (κ2) is 15.6. The SMILES string of the molecule is NC(=O)c1ccccc1NC(=O)C(Sc1cccc(NC(=O)/C(=C\c2ccccc2Cl)NC(=O)c2ccccc2)c1)c1ccccc1. The van der Waals surface area contributed by atoms with Crippen LogP contribution in [0.4, 0.5) is 11.4 Å². The average molecular weight is 661 g/mol. The summed E-state index contributed by atoms with van der Waals surface area (Å²) in [6, 6.07) is 38.2. The third kappa shape index (κ3) is 8.76. The fourth-order valence-corrected chi connectivity index (χ4v) is 5.85. The van der Waals surface area contributed by atoms with E-state index in [4.69, 9.17) is 17.3 Å². The molecule has 0 saturated heterocycles. The van der Waals surface area contributed by atoms with E-state index in [1.165, 1.54) is 17.8 Å². The van der Waals surface area contributed by atoms with Gasteiger partial charge in [-0.1, -0.05) is 96.5 Å². The number of benzene rings is 5. The Morgan fingerprint density at radius 3 is 2.11 bits per heavy atom. The number of anilines is 2. The maximum Gasteiger partial charge on any atom is 0.272 e. The molecule has 0 fully saturated rings. The van der Waals surface area contributed by atoms with Crippen molar-refractivity contribution in [3.05, 3.63) is 166 Å². The number of nitrogens with two attached hydrogens (primary N) is 1. The lowest BCUT2D eigenvalue weighted by molar-refractivity contribution is -0.116. The van der Waals surface area contributed by atoms with Gasteiger partial charge in [0.05, 0.1) is 11.3 Å². The molecule has 47 heavy (non-hydrogen) atoms. The Morgan fingerprint density at radius 1 is 0.723 bits per heavy atom. The molecule has 0 aliphatic rings. The topological polar surface area (TPSA) is 130 Å². The predicted octanol–water partition coefficient (Wildman–Crippen LogP) is 7.32. The summed E-state index contributed by atoms with van der Waals surface area (Å²) in [7, 11) is 0. The first-order valence-corrected chi connectivity index (χ1v) is 15.7. The number of amides is 4. The van der Waals surface area contributed by atoms with Gasteiger partial charge in [0.1, 0.15) is 10.9 Å². The minimum Gasteiger partial charge on any atom is -0.366 e. The Balaban J connectivity index is 1.39. The molecule has 5 N–H and O–H groups in total. The third-order valence-electron chi connectivity index (χ3n) is 6.87. The first-order valence-electron chi connectivity index (χ1n) is 14.4. The lowest BCUT2D eigenvalue weighted by Crippen LogP contribution is -2.30. The average Bonchev–Trinajstić information content (AvgIpc) is 3.08. The van der Waals surface area contributed by atoms with Gasteiger partial charge in [-0.3, -0.25) is 19.2 Å². The van der Waals surface area contributed by atoms with Crippen LogP contribution in [0.2, 0.25) is 5.02 Å². The lowest BCUT2D eigenvalue weighted by Gasteiger charge is -2.18. The van der Waals surface area contributed by atoms with E-state index in [2.05, 4.69) is 16.0 Å². The highest BCUT2D eigenvalue weighted by Gasteiger charge is 2.24. The summed E-state index contributed by atoms with van der Waals surface area (Å²) in [5.74, 6) is -2.05. The quantitative estimate of drug-likeness (QED) is 0.0871. The second-order valence-corrected chi connectivity index (χ2v) is 11.8. The van der Waals surface area contributed by atoms with Gasteiger partial charge in [0.2, 0.25) is 5.91 Å². The van der Waals surface area contributed by atoms with Crippen LogP contribution in [0.5, 0.6) is 0 Å². The highest BCUT2D eigenvalue weighted by Crippen LogP contribution is 2.37. The van der Waals surface area contributed by atoms with E-state index in [0.29, 0.717) is 32.4 Å². The number of primary amides is 1.